The van der Waals surface area contributed by atoms with Crippen LogP contribution in [0.25, 0.3) is 11.3 Å². The Hall–Kier alpha value is -2.17. The molecule has 1 aromatic carbocycles. The summed E-state index contributed by atoms with van der Waals surface area (Å²) in [5.74, 6) is -0.486. The smallest absolute Gasteiger partial charge is 0.255 e. The second-order valence-corrected chi connectivity index (χ2v) is 3.92. The normalized spacial score (nSPS) is 10.3. The molecule has 5 heteroatoms. The van der Waals surface area contributed by atoms with E-state index in [0.717, 1.165) is 12.0 Å². The van der Waals surface area contributed by atoms with Gasteiger partial charge in [-0.15, -0.1) is 0 Å². The number of benzene rings is 1. The van der Waals surface area contributed by atoms with Crippen LogP contribution >= 0.6 is 0 Å². The van der Waals surface area contributed by atoms with Gasteiger partial charge in [-0.2, -0.15) is 5.10 Å². The number of hydrogen-bond acceptors (Lipinski definition) is 2. The molecule has 0 saturated heterocycles. The molecule has 1 amide bonds. The Morgan fingerprint density at radius 3 is 2.78 bits per heavy atom. The predicted octanol–water partition coefficient (Wildman–Crippen LogP) is 2.36. The lowest BCUT2D eigenvalue weighted by Gasteiger charge is -2.04. The van der Waals surface area contributed by atoms with Crippen LogP contribution in [-0.2, 0) is 0 Å². The number of rotatable bonds is 4. The number of hydrogen-bond donors (Lipinski definition) is 2. The van der Waals surface area contributed by atoms with Gasteiger partial charge in [0.25, 0.3) is 5.91 Å². The molecule has 0 aliphatic rings. The van der Waals surface area contributed by atoms with E-state index in [9.17, 15) is 9.18 Å². The summed E-state index contributed by atoms with van der Waals surface area (Å²) >= 11 is 0. The zero-order chi connectivity index (χ0) is 13.0. The highest BCUT2D eigenvalue weighted by Crippen LogP contribution is 2.21. The monoisotopic (exact) mass is 247 g/mol. The van der Waals surface area contributed by atoms with Crippen molar-refractivity contribution in [1.29, 1.82) is 0 Å². The summed E-state index contributed by atoms with van der Waals surface area (Å²) in [5, 5.41) is 9.42. The molecule has 2 aromatic rings. The summed E-state index contributed by atoms with van der Waals surface area (Å²) in [6.07, 6.45) is 2.35. The van der Waals surface area contributed by atoms with E-state index in [1.165, 1.54) is 18.3 Å². The van der Waals surface area contributed by atoms with Gasteiger partial charge in [-0.05, 0) is 30.7 Å². The molecule has 0 aliphatic heterocycles. The summed E-state index contributed by atoms with van der Waals surface area (Å²) in [5.41, 5.74) is 1.80. The minimum atomic E-state index is -0.310. The van der Waals surface area contributed by atoms with E-state index in [1.807, 2.05) is 6.92 Å². The molecule has 18 heavy (non-hydrogen) atoms. The van der Waals surface area contributed by atoms with E-state index in [-0.39, 0.29) is 11.7 Å². The second-order valence-electron chi connectivity index (χ2n) is 3.92. The topological polar surface area (TPSA) is 57.8 Å². The van der Waals surface area contributed by atoms with Crippen LogP contribution in [0.1, 0.15) is 23.7 Å². The van der Waals surface area contributed by atoms with E-state index in [0.29, 0.717) is 17.8 Å². The van der Waals surface area contributed by atoms with Gasteiger partial charge in [0.05, 0.1) is 17.5 Å². The zero-order valence-electron chi connectivity index (χ0n) is 10.0. The molecule has 2 N–H and O–H groups in total. The van der Waals surface area contributed by atoms with Gasteiger partial charge in [0.2, 0.25) is 0 Å². The summed E-state index contributed by atoms with van der Waals surface area (Å²) in [4.78, 5) is 11.9. The quantitative estimate of drug-likeness (QED) is 0.871. The number of halogens is 1. The molecular formula is C13H14FN3O. The maximum absolute atomic E-state index is 12.8. The van der Waals surface area contributed by atoms with Crippen molar-refractivity contribution in [2.24, 2.45) is 0 Å². The van der Waals surface area contributed by atoms with Crippen LogP contribution in [0.4, 0.5) is 4.39 Å². The van der Waals surface area contributed by atoms with Gasteiger partial charge in [0, 0.05) is 12.1 Å². The summed E-state index contributed by atoms with van der Waals surface area (Å²) < 4.78 is 12.8. The van der Waals surface area contributed by atoms with Gasteiger partial charge >= 0.3 is 0 Å². The number of carbonyl (C=O) groups excluding carboxylic acids is 1. The van der Waals surface area contributed by atoms with E-state index in [4.69, 9.17) is 0 Å². The number of H-pyrrole nitrogens is 1. The molecule has 0 radical (unpaired) electrons. The summed E-state index contributed by atoms with van der Waals surface area (Å²) in [6, 6.07) is 5.92. The van der Waals surface area contributed by atoms with Gasteiger partial charge in [-0.25, -0.2) is 4.39 Å². The van der Waals surface area contributed by atoms with Gasteiger partial charge in [-0.1, -0.05) is 6.92 Å². The first-order valence-corrected chi connectivity index (χ1v) is 5.80. The Morgan fingerprint density at radius 1 is 1.39 bits per heavy atom. The molecule has 0 atom stereocenters. The van der Waals surface area contributed by atoms with Crippen LogP contribution in [0.3, 0.4) is 0 Å². The van der Waals surface area contributed by atoms with Crippen molar-refractivity contribution in [2.75, 3.05) is 6.54 Å². The highest BCUT2D eigenvalue weighted by Gasteiger charge is 2.14. The van der Waals surface area contributed by atoms with Crippen LogP contribution < -0.4 is 5.32 Å². The van der Waals surface area contributed by atoms with Crippen LogP contribution in [-0.4, -0.2) is 22.6 Å². The minimum Gasteiger partial charge on any atom is -0.352 e. The average Bonchev–Trinajstić information content (AvgIpc) is 2.86. The highest BCUT2D eigenvalue weighted by atomic mass is 19.1. The Labute approximate surface area is 104 Å². The zero-order valence-corrected chi connectivity index (χ0v) is 10.0. The minimum absolute atomic E-state index is 0.176. The van der Waals surface area contributed by atoms with E-state index in [2.05, 4.69) is 15.5 Å². The fraction of sp³-hybridized carbons (Fsp3) is 0.231. The highest BCUT2D eigenvalue weighted by molar-refractivity contribution is 5.99. The van der Waals surface area contributed by atoms with Crippen LogP contribution in [0, 0.1) is 5.82 Å². The van der Waals surface area contributed by atoms with Crippen LogP contribution in [0.2, 0.25) is 0 Å². The van der Waals surface area contributed by atoms with E-state index < -0.39 is 0 Å². The number of aromatic amines is 1. The molecule has 0 spiro atoms. The molecule has 0 bridgehead atoms. The predicted molar refractivity (Wildman–Crippen MR) is 66.6 cm³/mol. The third kappa shape index (κ3) is 2.56. The Bertz CT molecular complexity index is 533. The maximum atomic E-state index is 12.8. The van der Waals surface area contributed by atoms with Crippen LogP contribution in [0.15, 0.2) is 30.5 Å². The maximum Gasteiger partial charge on any atom is 0.255 e. The lowest BCUT2D eigenvalue weighted by atomic mass is 10.1. The molecule has 1 heterocycles. The van der Waals surface area contributed by atoms with Crippen molar-refractivity contribution in [1.82, 2.24) is 15.5 Å². The first kappa shape index (κ1) is 12.3. The Morgan fingerprint density at radius 2 is 2.11 bits per heavy atom. The van der Waals surface area contributed by atoms with Gasteiger partial charge < -0.3 is 5.32 Å². The Balaban J connectivity index is 2.27. The molecule has 4 nitrogen and oxygen atoms in total. The third-order valence-electron chi connectivity index (χ3n) is 2.55. The van der Waals surface area contributed by atoms with Crippen molar-refractivity contribution in [3.63, 3.8) is 0 Å². The second kappa shape index (κ2) is 5.44. The van der Waals surface area contributed by atoms with Gasteiger partial charge in [0.15, 0.2) is 0 Å². The molecule has 94 valence electrons. The number of nitrogens with zero attached hydrogens (tertiary/aromatic N) is 1. The van der Waals surface area contributed by atoms with Crippen molar-refractivity contribution >= 4 is 5.91 Å². The van der Waals surface area contributed by atoms with E-state index >= 15 is 0 Å². The largest absolute Gasteiger partial charge is 0.352 e. The first-order valence-electron chi connectivity index (χ1n) is 5.80. The molecule has 1 aromatic heterocycles. The molecule has 0 saturated carbocycles. The fourth-order valence-corrected chi connectivity index (χ4v) is 1.63. The molecule has 0 unspecified atom stereocenters. The van der Waals surface area contributed by atoms with Crippen molar-refractivity contribution < 1.29 is 9.18 Å². The third-order valence-corrected chi connectivity index (χ3v) is 2.55. The lowest BCUT2D eigenvalue weighted by molar-refractivity contribution is 0.0954. The van der Waals surface area contributed by atoms with Crippen molar-refractivity contribution in [3.05, 3.63) is 41.8 Å². The number of amides is 1. The summed E-state index contributed by atoms with van der Waals surface area (Å²) in [6.45, 7) is 2.60. The summed E-state index contributed by atoms with van der Waals surface area (Å²) in [7, 11) is 0. The first-order chi connectivity index (χ1) is 8.72. The number of aromatic nitrogens is 2. The number of carbonyl (C=O) groups is 1. The molecule has 0 fully saturated rings. The van der Waals surface area contributed by atoms with Gasteiger partial charge in [-0.3, -0.25) is 9.89 Å². The standard InChI is InChI=1S/C13H14FN3O/c1-2-7-15-13(18)11-8-16-17-12(11)9-3-5-10(14)6-4-9/h3-6,8H,2,7H2,1H3,(H,15,18)(H,16,17). The molecule has 0 aliphatic carbocycles. The molecule has 2 rings (SSSR count). The van der Waals surface area contributed by atoms with Gasteiger partial charge in [0.1, 0.15) is 5.82 Å². The SMILES string of the molecule is CCCNC(=O)c1cn[nH]c1-c1ccc(F)cc1. The fourth-order valence-electron chi connectivity index (χ4n) is 1.63. The lowest BCUT2D eigenvalue weighted by Crippen LogP contribution is -2.24. The average molecular weight is 247 g/mol. The molecular weight excluding hydrogens is 233 g/mol. The van der Waals surface area contributed by atoms with Crippen molar-refractivity contribution in [2.45, 2.75) is 13.3 Å². The Kier molecular flexibility index (Phi) is 3.72. The van der Waals surface area contributed by atoms with E-state index in [1.54, 1.807) is 12.1 Å². The number of nitrogens with one attached hydrogen (secondary N) is 2. The van der Waals surface area contributed by atoms with Crippen molar-refractivity contribution in [3.8, 4) is 11.3 Å². The van der Waals surface area contributed by atoms with Crippen LogP contribution in [0.5, 0.6) is 0 Å².